The highest BCUT2D eigenvalue weighted by atomic mass is 79.9. The lowest BCUT2D eigenvalue weighted by Crippen LogP contribution is -2.16. The van der Waals surface area contributed by atoms with Crippen molar-refractivity contribution in [1.82, 2.24) is 24.8 Å². The number of carbonyl (C=O) groups is 1. The predicted molar refractivity (Wildman–Crippen MR) is 110 cm³/mol. The molecule has 4 aromatic rings. The first kappa shape index (κ1) is 20.8. The fourth-order valence-electron chi connectivity index (χ4n) is 2.93. The number of aromatic nitrogens is 5. The summed E-state index contributed by atoms with van der Waals surface area (Å²) in [6.07, 6.45) is -1.89. The smallest absolute Gasteiger partial charge is 0.305 e. The Bertz CT molecular complexity index is 1230. The molecule has 0 fully saturated rings. The second-order valence-corrected chi connectivity index (χ2v) is 7.34. The molecule has 4 rings (SSSR count). The summed E-state index contributed by atoms with van der Waals surface area (Å²) in [7, 11) is 0. The van der Waals surface area contributed by atoms with Crippen LogP contribution >= 0.6 is 15.9 Å². The van der Waals surface area contributed by atoms with Crippen LogP contribution in [0, 0.1) is 0 Å². The summed E-state index contributed by atoms with van der Waals surface area (Å²) < 4.78 is 43.2. The monoisotopic (exact) mass is 490 g/mol. The molecule has 0 aliphatic rings. The summed E-state index contributed by atoms with van der Waals surface area (Å²) in [4.78, 5) is 12.6. The van der Waals surface area contributed by atoms with Crippen molar-refractivity contribution in [1.29, 1.82) is 0 Å². The van der Waals surface area contributed by atoms with E-state index in [2.05, 4.69) is 36.7 Å². The van der Waals surface area contributed by atoms with Crippen molar-refractivity contribution in [3.8, 4) is 5.69 Å². The first-order chi connectivity index (χ1) is 14.8. The zero-order valence-corrected chi connectivity index (χ0v) is 17.3. The van der Waals surface area contributed by atoms with Gasteiger partial charge in [0.05, 0.1) is 30.2 Å². The van der Waals surface area contributed by atoms with E-state index in [0.717, 1.165) is 27.0 Å². The van der Waals surface area contributed by atoms with Gasteiger partial charge in [-0.05, 0) is 23.8 Å². The Balaban J connectivity index is 1.54. The fraction of sp³-hybridized carbons (Fsp3) is 0.100. The summed E-state index contributed by atoms with van der Waals surface area (Å²) in [5.74, 6) is -0.212. The van der Waals surface area contributed by atoms with Gasteiger partial charge < -0.3 is 5.32 Å². The molecule has 0 unspecified atom stereocenters. The van der Waals surface area contributed by atoms with E-state index in [0.29, 0.717) is 12.4 Å². The Hall–Kier alpha value is -3.47. The van der Waals surface area contributed by atoms with E-state index in [1.807, 2.05) is 24.3 Å². The molecule has 7 nitrogen and oxygen atoms in total. The zero-order chi connectivity index (χ0) is 22.0. The van der Waals surface area contributed by atoms with Gasteiger partial charge in [-0.2, -0.15) is 18.3 Å². The van der Waals surface area contributed by atoms with Crippen LogP contribution in [0.2, 0.25) is 0 Å². The lowest BCUT2D eigenvalue weighted by Gasteiger charge is -2.11. The number of benzene rings is 2. The van der Waals surface area contributed by atoms with Crippen molar-refractivity contribution in [2.24, 2.45) is 0 Å². The number of amides is 1. The Labute approximate surface area is 182 Å². The highest BCUT2D eigenvalue weighted by Crippen LogP contribution is 2.33. The summed E-state index contributed by atoms with van der Waals surface area (Å²) in [6, 6.07) is 14.1. The van der Waals surface area contributed by atoms with Crippen molar-refractivity contribution in [2.45, 2.75) is 12.7 Å². The minimum Gasteiger partial charge on any atom is -0.305 e. The van der Waals surface area contributed by atoms with Crippen LogP contribution in [0.1, 0.15) is 21.6 Å². The van der Waals surface area contributed by atoms with Gasteiger partial charge in [0.25, 0.3) is 5.91 Å². The maximum atomic E-state index is 13.2. The maximum Gasteiger partial charge on any atom is 0.418 e. The number of nitrogens with one attached hydrogen (secondary N) is 1. The molecule has 11 heteroatoms. The quantitative estimate of drug-likeness (QED) is 0.445. The van der Waals surface area contributed by atoms with Gasteiger partial charge >= 0.3 is 6.18 Å². The molecule has 0 aliphatic heterocycles. The molecule has 1 amide bonds. The topological polar surface area (TPSA) is 77.6 Å². The summed E-state index contributed by atoms with van der Waals surface area (Å²) >= 11 is 3.47. The highest BCUT2D eigenvalue weighted by Gasteiger charge is 2.34. The Morgan fingerprint density at radius 3 is 2.58 bits per heavy atom. The second-order valence-electron chi connectivity index (χ2n) is 6.48. The molecule has 0 aliphatic carbocycles. The minimum absolute atomic E-state index is 0.134. The molecular formula is C20H14BrF3N6O. The largest absolute Gasteiger partial charge is 0.418 e. The van der Waals surface area contributed by atoms with E-state index in [9.17, 15) is 18.0 Å². The molecule has 0 atom stereocenters. The molecule has 0 saturated heterocycles. The number of carbonyl (C=O) groups excluding carboxylic acids is 1. The molecule has 1 N–H and O–H groups in total. The lowest BCUT2D eigenvalue weighted by atomic mass is 10.1. The third kappa shape index (κ3) is 4.50. The van der Waals surface area contributed by atoms with Gasteiger partial charge in [0.15, 0.2) is 5.69 Å². The number of hydrogen-bond acceptors (Lipinski definition) is 4. The summed E-state index contributed by atoms with van der Waals surface area (Å²) in [5.41, 5.74) is -0.277. The fourth-order valence-corrected chi connectivity index (χ4v) is 3.34. The van der Waals surface area contributed by atoms with Crippen LogP contribution in [0.3, 0.4) is 0 Å². The molecular weight excluding hydrogens is 477 g/mol. The third-order valence-electron chi connectivity index (χ3n) is 4.42. The normalized spacial score (nSPS) is 11.5. The van der Waals surface area contributed by atoms with Gasteiger partial charge in [0.1, 0.15) is 5.82 Å². The predicted octanol–water partition coefficient (Wildman–Crippen LogP) is 4.55. The first-order valence-corrected chi connectivity index (χ1v) is 9.78. The van der Waals surface area contributed by atoms with E-state index >= 15 is 0 Å². The molecule has 0 bridgehead atoms. The van der Waals surface area contributed by atoms with Gasteiger partial charge in [-0.3, -0.25) is 4.79 Å². The van der Waals surface area contributed by atoms with Crippen LogP contribution in [0.5, 0.6) is 0 Å². The van der Waals surface area contributed by atoms with Crippen LogP contribution in [0.25, 0.3) is 5.69 Å². The molecule has 0 saturated carbocycles. The number of halogens is 4. The van der Waals surface area contributed by atoms with Crippen LogP contribution in [-0.2, 0) is 12.7 Å². The van der Waals surface area contributed by atoms with Crippen molar-refractivity contribution >= 4 is 27.7 Å². The standard InChI is InChI=1S/C20H14BrF3N6O/c21-15-7-3-1-5-13(15)11-30-18(9-10-25-30)26-19(31)16-12-29(28-27-16)17-8-4-2-6-14(17)20(22,23)24/h1-10,12H,11H2,(H,26,31). The molecule has 2 aromatic carbocycles. The van der Waals surface area contributed by atoms with Crippen LogP contribution in [0.15, 0.2) is 71.5 Å². The van der Waals surface area contributed by atoms with Gasteiger partial charge in [-0.15, -0.1) is 5.10 Å². The van der Waals surface area contributed by atoms with Gasteiger partial charge in [-0.1, -0.05) is 51.5 Å². The lowest BCUT2D eigenvalue weighted by molar-refractivity contribution is -0.137. The van der Waals surface area contributed by atoms with Crippen LogP contribution < -0.4 is 5.32 Å². The minimum atomic E-state index is -4.57. The van der Waals surface area contributed by atoms with E-state index in [1.54, 1.807) is 10.7 Å². The van der Waals surface area contributed by atoms with Crippen molar-refractivity contribution < 1.29 is 18.0 Å². The number of hydrogen-bond donors (Lipinski definition) is 1. The Morgan fingerprint density at radius 1 is 1.06 bits per heavy atom. The molecule has 31 heavy (non-hydrogen) atoms. The zero-order valence-electron chi connectivity index (χ0n) is 15.7. The molecule has 158 valence electrons. The first-order valence-electron chi connectivity index (χ1n) is 8.98. The second kappa shape index (κ2) is 8.34. The summed E-state index contributed by atoms with van der Waals surface area (Å²) in [6.45, 7) is 0.398. The van der Waals surface area contributed by atoms with Crippen LogP contribution in [0.4, 0.5) is 19.0 Å². The number of nitrogens with zero attached hydrogens (tertiary/aromatic N) is 5. The van der Waals surface area contributed by atoms with E-state index in [1.165, 1.54) is 24.4 Å². The molecule has 2 heterocycles. The summed E-state index contributed by atoms with van der Waals surface area (Å²) in [5, 5.41) is 14.3. The third-order valence-corrected chi connectivity index (χ3v) is 5.19. The highest BCUT2D eigenvalue weighted by molar-refractivity contribution is 9.10. The number of anilines is 1. The van der Waals surface area contributed by atoms with Crippen molar-refractivity contribution in [3.05, 3.63) is 88.3 Å². The van der Waals surface area contributed by atoms with Crippen LogP contribution in [-0.4, -0.2) is 30.7 Å². The van der Waals surface area contributed by atoms with Crippen molar-refractivity contribution in [3.63, 3.8) is 0 Å². The average Bonchev–Trinajstić information content (AvgIpc) is 3.39. The average molecular weight is 491 g/mol. The van der Waals surface area contributed by atoms with E-state index < -0.39 is 17.6 Å². The number of alkyl halides is 3. The van der Waals surface area contributed by atoms with Gasteiger partial charge in [-0.25, -0.2) is 9.36 Å². The molecule has 2 aromatic heterocycles. The van der Waals surface area contributed by atoms with Gasteiger partial charge in [0.2, 0.25) is 0 Å². The maximum absolute atomic E-state index is 13.2. The van der Waals surface area contributed by atoms with Gasteiger partial charge in [0, 0.05) is 10.5 Å². The molecule has 0 radical (unpaired) electrons. The SMILES string of the molecule is O=C(Nc1ccnn1Cc1ccccc1Br)c1cn(-c2ccccc2C(F)(F)F)nn1. The number of rotatable bonds is 5. The molecule has 0 spiro atoms. The van der Waals surface area contributed by atoms with E-state index in [4.69, 9.17) is 0 Å². The van der Waals surface area contributed by atoms with E-state index in [-0.39, 0.29) is 11.4 Å². The Kier molecular flexibility index (Phi) is 5.59. The Morgan fingerprint density at radius 2 is 1.81 bits per heavy atom. The number of para-hydroxylation sites is 1. The van der Waals surface area contributed by atoms with Crippen molar-refractivity contribution in [2.75, 3.05) is 5.32 Å².